The normalized spacial score (nSPS) is 10.6. The van der Waals surface area contributed by atoms with E-state index in [0.29, 0.717) is 27.8 Å². The highest BCUT2D eigenvalue weighted by atomic mass is 32.1. The number of hydrogen-bond donors (Lipinski definition) is 0. The molecule has 0 saturated carbocycles. The number of hydrogen-bond acceptors (Lipinski definition) is 9. The van der Waals surface area contributed by atoms with Gasteiger partial charge < -0.3 is 14.2 Å². The Kier molecular flexibility index (Phi) is 4.77. The lowest BCUT2D eigenvalue weighted by Gasteiger charge is -2.11. The van der Waals surface area contributed by atoms with Crippen LogP contribution in [0.5, 0.6) is 11.5 Å². The first-order valence-electron chi connectivity index (χ1n) is 6.80. The Morgan fingerprint density at radius 2 is 2.25 bits per heavy atom. The van der Waals surface area contributed by atoms with Gasteiger partial charge in [0.05, 0.1) is 11.2 Å². The lowest BCUT2D eigenvalue weighted by molar-refractivity contribution is 0.0508. The van der Waals surface area contributed by atoms with Crippen LogP contribution in [-0.2, 0) is 4.74 Å². The summed E-state index contributed by atoms with van der Waals surface area (Å²) in [6.45, 7) is 1.82. The number of rotatable bonds is 6. The van der Waals surface area contributed by atoms with Gasteiger partial charge in [0.25, 0.3) is 0 Å². The Hall–Kier alpha value is -2.85. The monoisotopic (exact) mass is 347 g/mol. The molecule has 3 rings (SSSR count). The van der Waals surface area contributed by atoms with Gasteiger partial charge in [-0.05, 0) is 29.5 Å². The average molecular weight is 347 g/mol. The summed E-state index contributed by atoms with van der Waals surface area (Å²) in [4.78, 5) is 16.7. The second-order valence-electron chi connectivity index (χ2n) is 4.59. The zero-order valence-corrected chi connectivity index (χ0v) is 13.7. The molecule has 124 valence electrons. The van der Waals surface area contributed by atoms with Gasteiger partial charge in [-0.3, -0.25) is 0 Å². The number of aromatic nitrogens is 5. The lowest BCUT2D eigenvalue weighted by atomic mass is 10.2. The molecule has 0 atom stereocenters. The number of esters is 1. The van der Waals surface area contributed by atoms with Gasteiger partial charge >= 0.3 is 5.97 Å². The van der Waals surface area contributed by atoms with E-state index in [2.05, 4.69) is 20.5 Å². The number of aryl methyl sites for hydroxylation is 1. The van der Waals surface area contributed by atoms with Crippen molar-refractivity contribution in [1.82, 2.24) is 25.2 Å². The van der Waals surface area contributed by atoms with E-state index in [9.17, 15) is 4.79 Å². The van der Waals surface area contributed by atoms with E-state index in [4.69, 9.17) is 14.2 Å². The third-order valence-electron chi connectivity index (χ3n) is 3.00. The zero-order valence-electron chi connectivity index (χ0n) is 12.9. The van der Waals surface area contributed by atoms with Gasteiger partial charge in [0, 0.05) is 13.2 Å². The molecule has 2 aromatic heterocycles. The molecule has 0 unspecified atom stereocenters. The van der Waals surface area contributed by atoms with E-state index in [1.165, 1.54) is 29.5 Å². The standard InChI is InChI=1S/C14H13N5O4S/c1-9-13(24-7-15-9)14(20)23-10-3-4-12(22-8-21-2)11(5-10)19-6-16-17-18-19/h3-7H,8H2,1-2H3. The number of tetrazole rings is 1. The molecule has 3 aromatic rings. The first-order chi connectivity index (χ1) is 11.7. The Balaban J connectivity index is 1.88. The van der Waals surface area contributed by atoms with Gasteiger partial charge in [0.2, 0.25) is 0 Å². The van der Waals surface area contributed by atoms with Crippen LogP contribution in [0.2, 0.25) is 0 Å². The number of thiazole rings is 1. The average Bonchev–Trinajstić information content (AvgIpc) is 3.25. The van der Waals surface area contributed by atoms with Crippen LogP contribution in [0.1, 0.15) is 15.4 Å². The second kappa shape index (κ2) is 7.15. The SMILES string of the molecule is COCOc1ccc(OC(=O)c2scnc2C)cc1-n1cnnn1. The van der Waals surface area contributed by atoms with Gasteiger partial charge in [-0.15, -0.1) is 16.4 Å². The summed E-state index contributed by atoms with van der Waals surface area (Å²) in [6.07, 6.45) is 1.41. The molecule has 0 spiro atoms. The molecule has 0 bridgehead atoms. The van der Waals surface area contributed by atoms with Crippen molar-refractivity contribution in [3.05, 3.63) is 40.6 Å². The van der Waals surface area contributed by atoms with E-state index in [1.54, 1.807) is 30.6 Å². The van der Waals surface area contributed by atoms with E-state index < -0.39 is 5.97 Å². The summed E-state index contributed by atoms with van der Waals surface area (Å²) >= 11 is 1.23. The molecule has 2 heterocycles. The second-order valence-corrected chi connectivity index (χ2v) is 5.45. The van der Waals surface area contributed by atoms with Gasteiger partial charge in [-0.25, -0.2) is 9.78 Å². The molecule has 0 saturated heterocycles. The van der Waals surface area contributed by atoms with Crippen LogP contribution in [-0.4, -0.2) is 45.1 Å². The number of benzene rings is 1. The van der Waals surface area contributed by atoms with Crippen LogP contribution in [0.4, 0.5) is 0 Å². The quantitative estimate of drug-likeness (QED) is 0.377. The molecule has 0 aliphatic carbocycles. The van der Waals surface area contributed by atoms with E-state index in [0.717, 1.165) is 0 Å². The van der Waals surface area contributed by atoms with Crippen LogP contribution in [0, 0.1) is 6.92 Å². The maximum absolute atomic E-state index is 12.2. The van der Waals surface area contributed by atoms with Gasteiger partial charge in [0.1, 0.15) is 28.4 Å². The van der Waals surface area contributed by atoms with Crippen molar-refractivity contribution in [2.75, 3.05) is 13.9 Å². The molecule has 24 heavy (non-hydrogen) atoms. The van der Waals surface area contributed by atoms with Crippen LogP contribution in [0.25, 0.3) is 5.69 Å². The largest absolute Gasteiger partial charge is 0.465 e. The Bertz CT molecular complexity index is 834. The lowest BCUT2D eigenvalue weighted by Crippen LogP contribution is -2.09. The molecule has 0 amide bonds. The highest BCUT2D eigenvalue weighted by Crippen LogP contribution is 2.28. The number of carbonyl (C=O) groups is 1. The van der Waals surface area contributed by atoms with Crippen LogP contribution in [0.15, 0.2) is 30.0 Å². The van der Waals surface area contributed by atoms with E-state index in [-0.39, 0.29) is 6.79 Å². The van der Waals surface area contributed by atoms with Crippen LogP contribution in [0.3, 0.4) is 0 Å². The van der Waals surface area contributed by atoms with Crippen LogP contribution < -0.4 is 9.47 Å². The molecule has 0 N–H and O–H groups in total. The fourth-order valence-electron chi connectivity index (χ4n) is 1.91. The predicted octanol–water partition coefficient (Wildman–Crippen LogP) is 1.63. The first kappa shape index (κ1) is 16.0. The third-order valence-corrected chi connectivity index (χ3v) is 3.91. The molecule has 0 aliphatic heterocycles. The molecule has 1 aromatic carbocycles. The topological polar surface area (TPSA) is 101 Å². The fourth-order valence-corrected chi connectivity index (χ4v) is 2.58. The Morgan fingerprint density at radius 3 is 2.92 bits per heavy atom. The van der Waals surface area contributed by atoms with Crippen molar-refractivity contribution in [3.63, 3.8) is 0 Å². The Morgan fingerprint density at radius 1 is 1.38 bits per heavy atom. The highest BCUT2D eigenvalue weighted by Gasteiger charge is 2.16. The van der Waals surface area contributed by atoms with Crippen molar-refractivity contribution in [1.29, 1.82) is 0 Å². The summed E-state index contributed by atoms with van der Waals surface area (Å²) in [5, 5.41) is 11.0. The maximum Gasteiger partial charge on any atom is 0.355 e. The number of methoxy groups -OCH3 is 1. The van der Waals surface area contributed by atoms with Crippen molar-refractivity contribution < 1.29 is 19.0 Å². The van der Waals surface area contributed by atoms with E-state index >= 15 is 0 Å². The number of nitrogens with zero attached hydrogens (tertiary/aromatic N) is 5. The molecule has 9 nitrogen and oxygen atoms in total. The maximum atomic E-state index is 12.2. The molecule has 0 fully saturated rings. The van der Waals surface area contributed by atoms with Crippen molar-refractivity contribution >= 4 is 17.3 Å². The van der Waals surface area contributed by atoms with Crippen molar-refractivity contribution in [3.8, 4) is 17.2 Å². The van der Waals surface area contributed by atoms with Gasteiger partial charge in [-0.2, -0.15) is 4.68 Å². The van der Waals surface area contributed by atoms with Gasteiger partial charge in [0.15, 0.2) is 6.79 Å². The molecule has 0 radical (unpaired) electrons. The van der Waals surface area contributed by atoms with Crippen molar-refractivity contribution in [2.45, 2.75) is 6.92 Å². The zero-order chi connectivity index (χ0) is 16.9. The number of carbonyl (C=O) groups excluding carboxylic acids is 1. The smallest absolute Gasteiger partial charge is 0.355 e. The minimum absolute atomic E-state index is 0.0638. The molecular weight excluding hydrogens is 334 g/mol. The van der Waals surface area contributed by atoms with Crippen LogP contribution >= 0.6 is 11.3 Å². The summed E-state index contributed by atoms with van der Waals surface area (Å²) in [7, 11) is 1.52. The summed E-state index contributed by atoms with van der Waals surface area (Å²) < 4.78 is 17.2. The minimum Gasteiger partial charge on any atom is -0.465 e. The third kappa shape index (κ3) is 3.39. The molecule has 0 aliphatic rings. The predicted molar refractivity (Wildman–Crippen MR) is 83.5 cm³/mol. The number of ether oxygens (including phenoxy) is 3. The van der Waals surface area contributed by atoms with Crippen molar-refractivity contribution in [2.24, 2.45) is 0 Å². The fraction of sp³-hybridized carbons (Fsp3) is 0.214. The molecular formula is C14H13N5O4S. The Labute approximate surface area is 140 Å². The van der Waals surface area contributed by atoms with Gasteiger partial charge in [-0.1, -0.05) is 0 Å². The highest BCUT2D eigenvalue weighted by molar-refractivity contribution is 7.11. The summed E-state index contributed by atoms with van der Waals surface area (Å²) in [6, 6.07) is 4.88. The summed E-state index contributed by atoms with van der Waals surface area (Å²) in [5.74, 6) is 0.351. The minimum atomic E-state index is -0.469. The van der Waals surface area contributed by atoms with E-state index in [1.807, 2.05) is 0 Å². The summed E-state index contributed by atoms with van der Waals surface area (Å²) in [5.41, 5.74) is 2.74. The molecule has 10 heteroatoms. The first-order valence-corrected chi connectivity index (χ1v) is 7.68.